The summed E-state index contributed by atoms with van der Waals surface area (Å²) >= 11 is 3.48. The number of aryl methyl sites for hydroxylation is 1. The lowest BCUT2D eigenvalue weighted by Gasteiger charge is -2.40. The van der Waals surface area contributed by atoms with Crippen molar-refractivity contribution in [3.05, 3.63) is 81.6 Å². The van der Waals surface area contributed by atoms with E-state index in [0.717, 1.165) is 5.56 Å². The van der Waals surface area contributed by atoms with E-state index in [1.54, 1.807) is 45.4 Å². The molecule has 1 aliphatic heterocycles. The number of amides is 1. The Hall–Kier alpha value is -3.19. The number of carbonyl (C=O) groups excluding carboxylic acids is 1. The molecule has 174 valence electrons. The zero-order chi connectivity index (χ0) is 24.4. The van der Waals surface area contributed by atoms with Crippen LogP contribution in [-0.2, 0) is 23.0 Å². The van der Waals surface area contributed by atoms with Crippen LogP contribution in [0.5, 0.6) is 5.75 Å². The molecule has 3 aromatic rings. The molecule has 1 aromatic heterocycles. The van der Waals surface area contributed by atoms with Gasteiger partial charge in [0.15, 0.2) is 17.0 Å². The van der Waals surface area contributed by atoms with E-state index in [9.17, 15) is 20.3 Å². The maximum atomic E-state index is 13.5. The standard InChI is InChI=1S/C25H23BrN4O4/c1-29(2)23(32)17-18(15-7-5-4-6-8-15)25(16-11-9-14(13-27)10-12-16)24(33,21(17)31)20-19(34-25)22(26)30(3)28-20/h4-12,17-18,21,31,33H,1-3H3. The minimum absolute atomic E-state index is 0.161. The monoisotopic (exact) mass is 522 g/mol. The molecule has 0 saturated heterocycles. The Balaban J connectivity index is 1.87. The molecular weight excluding hydrogens is 500 g/mol. The van der Waals surface area contributed by atoms with Crippen molar-refractivity contribution in [2.75, 3.05) is 14.1 Å². The summed E-state index contributed by atoms with van der Waals surface area (Å²) in [5.41, 5.74) is -1.76. The number of nitriles is 1. The summed E-state index contributed by atoms with van der Waals surface area (Å²) in [6.45, 7) is 0. The van der Waals surface area contributed by atoms with Gasteiger partial charge in [0.2, 0.25) is 5.91 Å². The van der Waals surface area contributed by atoms with E-state index >= 15 is 0 Å². The first-order valence-corrected chi connectivity index (χ1v) is 11.6. The molecular formula is C25H23BrN4O4. The summed E-state index contributed by atoms with van der Waals surface area (Å²) in [5.74, 6) is -1.81. The van der Waals surface area contributed by atoms with Gasteiger partial charge in [-0.2, -0.15) is 10.4 Å². The average Bonchev–Trinajstić information content (AvgIpc) is 3.35. The van der Waals surface area contributed by atoms with Gasteiger partial charge in [0.1, 0.15) is 16.4 Å². The molecule has 1 fully saturated rings. The number of aliphatic hydroxyl groups is 2. The van der Waals surface area contributed by atoms with Gasteiger partial charge in [0, 0.05) is 27.1 Å². The van der Waals surface area contributed by atoms with Crippen LogP contribution in [0.15, 0.2) is 59.2 Å². The second-order valence-corrected chi connectivity index (χ2v) is 9.73. The molecule has 2 aliphatic rings. The van der Waals surface area contributed by atoms with E-state index in [2.05, 4.69) is 27.1 Å². The molecule has 0 spiro atoms. The van der Waals surface area contributed by atoms with E-state index < -0.39 is 29.1 Å². The molecule has 0 radical (unpaired) electrons. The van der Waals surface area contributed by atoms with Crippen LogP contribution in [-0.4, -0.2) is 51.0 Å². The van der Waals surface area contributed by atoms with E-state index in [-0.39, 0.29) is 11.6 Å². The van der Waals surface area contributed by atoms with Crippen molar-refractivity contribution in [3.8, 4) is 11.8 Å². The van der Waals surface area contributed by atoms with Gasteiger partial charge < -0.3 is 19.8 Å². The highest BCUT2D eigenvalue weighted by molar-refractivity contribution is 9.10. The summed E-state index contributed by atoms with van der Waals surface area (Å²) < 4.78 is 8.65. The first-order valence-electron chi connectivity index (χ1n) is 10.8. The van der Waals surface area contributed by atoms with Crippen LogP contribution in [0.25, 0.3) is 0 Å². The van der Waals surface area contributed by atoms with Gasteiger partial charge in [0.25, 0.3) is 0 Å². The second kappa shape index (κ2) is 7.67. The molecule has 2 aromatic carbocycles. The summed E-state index contributed by atoms with van der Waals surface area (Å²) in [6, 6.07) is 18.0. The highest BCUT2D eigenvalue weighted by Crippen LogP contribution is 2.69. The molecule has 1 amide bonds. The topological polar surface area (TPSA) is 112 Å². The van der Waals surface area contributed by atoms with Gasteiger partial charge in [-0.25, -0.2) is 0 Å². The number of halogens is 1. The van der Waals surface area contributed by atoms with Crippen molar-refractivity contribution in [2.24, 2.45) is 13.0 Å². The third kappa shape index (κ3) is 2.70. The van der Waals surface area contributed by atoms with Crippen LogP contribution in [0.3, 0.4) is 0 Å². The molecule has 1 aliphatic carbocycles. The lowest BCUT2D eigenvalue weighted by Crippen LogP contribution is -2.52. The molecule has 8 nitrogen and oxygen atoms in total. The minimum atomic E-state index is -2.04. The van der Waals surface area contributed by atoms with Crippen LogP contribution in [0, 0.1) is 17.2 Å². The van der Waals surface area contributed by atoms with Gasteiger partial charge in [-0.05, 0) is 39.2 Å². The minimum Gasteiger partial charge on any atom is -0.473 e. The lowest BCUT2D eigenvalue weighted by atomic mass is 9.71. The van der Waals surface area contributed by atoms with E-state index in [1.165, 1.54) is 9.58 Å². The predicted octanol–water partition coefficient (Wildman–Crippen LogP) is 2.39. The van der Waals surface area contributed by atoms with Crippen molar-refractivity contribution in [1.82, 2.24) is 14.7 Å². The fourth-order valence-corrected chi connectivity index (χ4v) is 5.87. The number of aromatic nitrogens is 2. The number of hydrogen-bond donors (Lipinski definition) is 2. The zero-order valence-corrected chi connectivity index (χ0v) is 20.4. The lowest BCUT2D eigenvalue weighted by molar-refractivity contribution is -0.158. The van der Waals surface area contributed by atoms with Gasteiger partial charge >= 0.3 is 0 Å². The molecule has 34 heavy (non-hydrogen) atoms. The number of benzene rings is 2. The smallest absolute Gasteiger partial charge is 0.228 e. The highest BCUT2D eigenvalue weighted by Gasteiger charge is 2.78. The Labute approximate surface area is 205 Å². The van der Waals surface area contributed by atoms with Crippen molar-refractivity contribution in [1.29, 1.82) is 5.26 Å². The van der Waals surface area contributed by atoms with Gasteiger partial charge in [0.05, 0.1) is 17.6 Å². The van der Waals surface area contributed by atoms with Crippen LogP contribution in [0.1, 0.15) is 28.3 Å². The van der Waals surface area contributed by atoms with Crippen molar-refractivity contribution in [2.45, 2.75) is 23.2 Å². The summed E-state index contributed by atoms with van der Waals surface area (Å²) in [7, 11) is 4.93. The Morgan fingerprint density at radius 2 is 1.85 bits per heavy atom. The molecule has 9 heteroatoms. The van der Waals surface area contributed by atoms with Crippen molar-refractivity contribution < 1.29 is 19.7 Å². The summed E-state index contributed by atoms with van der Waals surface area (Å²) in [4.78, 5) is 14.9. The molecule has 5 atom stereocenters. The Kier molecular flexibility index (Phi) is 5.09. The molecule has 0 bridgehead atoms. The van der Waals surface area contributed by atoms with E-state index in [0.29, 0.717) is 21.5 Å². The van der Waals surface area contributed by atoms with Crippen LogP contribution in [0.4, 0.5) is 0 Å². The number of hydrogen-bond acceptors (Lipinski definition) is 6. The summed E-state index contributed by atoms with van der Waals surface area (Å²) in [6.07, 6.45) is -1.52. The molecule has 5 unspecified atom stereocenters. The summed E-state index contributed by atoms with van der Waals surface area (Å²) in [5, 5.41) is 38.0. The SMILES string of the molecule is CN(C)C(=O)C1C(O)C2(O)c3nn(C)c(Br)c3OC2(c2ccc(C#N)cc2)C1c1ccccc1. The van der Waals surface area contributed by atoms with Gasteiger partial charge in [-0.1, -0.05) is 42.5 Å². The third-order valence-corrected chi connectivity index (χ3v) is 7.89. The Morgan fingerprint density at radius 1 is 1.21 bits per heavy atom. The maximum Gasteiger partial charge on any atom is 0.228 e. The normalized spacial score (nSPS) is 29.1. The average molecular weight is 523 g/mol. The predicted molar refractivity (Wildman–Crippen MR) is 126 cm³/mol. The van der Waals surface area contributed by atoms with Crippen LogP contribution >= 0.6 is 15.9 Å². The number of rotatable bonds is 3. The second-order valence-electron chi connectivity index (χ2n) is 8.98. The maximum absolute atomic E-state index is 13.5. The van der Waals surface area contributed by atoms with Crippen molar-refractivity contribution in [3.63, 3.8) is 0 Å². The van der Waals surface area contributed by atoms with Crippen LogP contribution < -0.4 is 4.74 Å². The largest absolute Gasteiger partial charge is 0.473 e. The number of fused-ring (bicyclic) bond motifs is 3. The quantitative estimate of drug-likeness (QED) is 0.546. The molecule has 2 heterocycles. The fraction of sp³-hybridized carbons (Fsp3) is 0.320. The number of carbonyl (C=O) groups is 1. The zero-order valence-electron chi connectivity index (χ0n) is 18.8. The Bertz CT molecular complexity index is 1320. The van der Waals surface area contributed by atoms with Gasteiger partial charge in [-0.3, -0.25) is 9.48 Å². The number of nitrogens with zero attached hydrogens (tertiary/aromatic N) is 4. The first kappa shape index (κ1) is 22.6. The number of aliphatic hydroxyl groups excluding tert-OH is 1. The molecule has 1 saturated carbocycles. The highest BCUT2D eigenvalue weighted by atomic mass is 79.9. The molecule has 2 N–H and O–H groups in total. The van der Waals surface area contributed by atoms with Crippen molar-refractivity contribution >= 4 is 21.8 Å². The van der Waals surface area contributed by atoms with E-state index in [4.69, 9.17) is 4.74 Å². The molecule has 5 rings (SSSR count). The van der Waals surface area contributed by atoms with Gasteiger partial charge in [-0.15, -0.1) is 0 Å². The third-order valence-electron chi connectivity index (χ3n) is 7.02. The number of ether oxygens (including phenoxy) is 1. The van der Waals surface area contributed by atoms with E-state index in [1.807, 2.05) is 30.3 Å². The first-order chi connectivity index (χ1) is 16.2. The fourth-order valence-electron chi connectivity index (χ4n) is 5.52. The van der Waals surface area contributed by atoms with Crippen LogP contribution in [0.2, 0.25) is 0 Å². The Morgan fingerprint density at radius 3 is 2.44 bits per heavy atom.